The van der Waals surface area contributed by atoms with E-state index in [0.717, 1.165) is 0 Å². The van der Waals surface area contributed by atoms with Crippen LogP contribution < -0.4 is 0 Å². The van der Waals surface area contributed by atoms with Gasteiger partial charge in [-0.25, -0.2) is 22.0 Å². The quantitative estimate of drug-likeness (QED) is 0.253. The first-order chi connectivity index (χ1) is 7.15. The highest BCUT2D eigenvalue weighted by molar-refractivity contribution is 7.64. The van der Waals surface area contributed by atoms with Crippen LogP contribution in [0.15, 0.2) is 0 Å². The van der Waals surface area contributed by atoms with Crippen LogP contribution in [0.4, 0.5) is 22.0 Å². The molecule has 1 aromatic rings. The Morgan fingerprint density at radius 2 is 1.00 bits per heavy atom. The van der Waals surface area contributed by atoms with E-state index in [1.807, 2.05) is 0 Å². The third-order valence-corrected chi connectivity index (χ3v) is 3.64. The minimum atomic E-state index is -3.54. The lowest BCUT2D eigenvalue weighted by atomic mass is 10.2. The van der Waals surface area contributed by atoms with E-state index in [4.69, 9.17) is 33.2 Å². The fourth-order valence-electron chi connectivity index (χ4n) is 1.01. The standard InChI is InChI=1S/C7H2Cl3F5Si/c8-16(9,10)1-2-3(11)5(13)7(15)6(14)4(2)12/h1H2. The molecule has 0 aliphatic heterocycles. The molecule has 1 aromatic carbocycles. The Morgan fingerprint density at radius 3 is 1.31 bits per heavy atom. The third kappa shape index (κ3) is 2.79. The largest absolute Gasteiger partial charge is 0.345 e. The average molecular weight is 316 g/mol. The van der Waals surface area contributed by atoms with Crippen LogP contribution in [-0.4, -0.2) is 6.00 Å². The lowest BCUT2D eigenvalue weighted by Gasteiger charge is -2.11. The molecule has 9 heteroatoms. The molecule has 0 fully saturated rings. The second kappa shape index (κ2) is 4.68. The fraction of sp³-hybridized carbons (Fsp3) is 0.143. The predicted octanol–water partition coefficient (Wildman–Crippen LogP) is 4.12. The summed E-state index contributed by atoms with van der Waals surface area (Å²) in [4.78, 5) is 0. The molecule has 1 rings (SSSR count). The van der Waals surface area contributed by atoms with Crippen LogP contribution >= 0.6 is 33.2 Å². The molecule has 0 unspecified atom stereocenters. The van der Waals surface area contributed by atoms with Gasteiger partial charge in [-0.15, -0.1) is 33.2 Å². The molecule has 0 radical (unpaired) electrons. The second-order valence-electron chi connectivity index (χ2n) is 2.84. The zero-order chi connectivity index (χ0) is 12.7. The van der Waals surface area contributed by atoms with Crippen molar-refractivity contribution in [3.8, 4) is 0 Å². The Labute approximate surface area is 102 Å². The van der Waals surface area contributed by atoms with Crippen molar-refractivity contribution in [2.75, 3.05) is 0 Å². The summed E-state index contributed by atoms with van der Waals surface area (Å²) in [5.41, 5.74) is -1.09. The first-order valence-electron chi connectivity index (χ1n) is 3.72. The Bertz CT molecular complexity index is 402. The van der Waals surface area contributed by atoms with Gasteiger partial charge in [0.15, 0.2) is 23.3 Å². The molecule has 0 aliphatic carbocycles. The molecule has 0 saturated heterocycles. The zero-order valence-corrected chi connectivity index (χ0v) is 10.5. The minimum Gasteiger partial charge on any atom is -0.203 e. The highest BCUT2D eigenvalue weighted by Crippen LogP contribution is 2.30. The highest BCUT2D eigenvalue weighted by Gasteiger charge is 2.33. The van der Waals surface area contributed by atoms with E-state index in [1.165, 1.54) is 0 Å². The van der Waals surface area contributed by atoms with Crippen molar-refractivity contribution >= 4 is 39.2 Å². The molecule has 0 saturated carbocycles. The molecule has 90 valence electrons. The summed E-state index contributed by atoms with van der Waals surface area (Å²) in [6, 6.07) is -4.33. The van der Waals surface area contributed by atoms with Gasteiger partial charge in [0.1, 0.15) is 0 Å². The van der Waals surface area contributed by atoms with Gasteiger partial charge < -0.3 is 0 Å². The predicted molar refractivity (Wildman–Crippen MR) is 53.2 cm³/mol. The van der Waals surface area contributed by atoms with Crippen LogP contribution in [0.3, 0.4) is 0 Å². The van der Waals surface area contributed by atoms with Crippen LogP contribution in [0.2, 0.25) is 0 Å². The van der Waals surface area contributed by atoms with Crippen LogP contribution in [0, 0.1) is 29.1 Å². The van der Waals surface area contributed by atoms with E-state index in [9.17, 15) is 22.0 Å². The minimum absolute atomic E-state index is 0.788. The second-order valence-corrected chi connectivity index (χ2v) is 12.0. The fourth-order valence-corrected chi connectivity index (χ4v) is 2.92. The smallest absolute Gasteiger partial charge is 0.203 e. The Kier molecular flexibility index (Phi) is 4.10. The molecule has 0 bridgehead atoms. The number of rotatable bonds is 2. The first kappa shape index (κ1) is 14.0. The maximum atomic E-state index is 13.1. The van der Waals surface area contributed by atoms with Crippen molar-refractivity contribution in [2.24, 2.45) is 0 Å². The molecular formula is C7H2Cl3F5Si. The number of hydrogen-bond donors (Lipinski definition) is 0. The molecular weight excluding hydrogens is 314 g/mol. The topological polar surface area (TPSA) is 0 Å². The summed E-state index contributed by atoms with van der Waals surface area (Å²) in [7, 11) is 0. The van der Waals surface area contributed by atoms with Crippen LogP contribution in [-0.2, 0) is 6.04 Å². The summed E-state index contributed by atoms with van der Waals surface area (Å²) in [5.74, 6) is -10.2. The first-order valence-corrected chi connectivity index (χ1v) is 8.96. The molecule has 0 aromatic heterocycles. The van der Waals surface area contributed by atoms with Gasteiger partial charge in [-0.2, -0.15) is 0 Å². The van der Waals surface area contributed by atoms with E-state index < -0.39 is 46.7 Å². The Morgan fingerprint density at radius 1 is 0.688 bits per heavy atom. The lowest BCUT2D eigenvalue weighted by Crippen LogP contribution is -2.19. The summed E-state index contributed by atoms with van der Waals surface area (Å²) in [5, 5.41) is 0. The van der Waals surface area contributed by atoms with E-state index >= 15 is 0 Å². The lowest BCUT2D eigenvalue weighted by molar-refractivity contribution is 0.372. The highest BCUT2D eigenvalue weighted by atomic mass is 35.8. The molecule has 0 spiro atoms. The number of hydrogen-bond acceptors (Lipinski definition) is 0. The van der Waals surface area contributed by atoms with Crippen molar-refractivity contribution in [1.29, 1.82) is 0 Å². The van der Waals surface area contributed by atoms with Crippen molar-refractivity contribution in [3.63, 3.8) is 0 Å². The maximum Gasteiger partial charge on any atom is 0.345 e. The van der Waals surface area contributed by atoms with Gasteiger partial charge in [0.25, 0.3) is 0 Å². The summed E-state index contributed by atoms with van der Waals surface area (Å²) >= 11 is 16.1. The number of halogens is 8. The average Bonchev–Trinajstić information content (AvgIpc) is 2.17. The summed E-state index contributed by atoms with van der Waals surface area (Å²) in [6.07, 6.45) is 0. The van der Waals surface area contributed by atoms with E-state index in [2.05, 4.69) is 0 Å². The van der Waals surface area contributed by atoms with Gasteiger partial charge in [0.05, 0.1) is 0 Å². The van der Waals surface area contributed by atoms with Gasteiger partial charge in [0.2, 0.25) is 5.82 Å². The van der Waals surface area contributed by atoms with E-state index in [-0.39, 0.29) is 0 Å². The van der Waals surface area contributed by atoms with Gasteiger partial charge in [-0.1, -0.05) is 0 Å². The molecule has 16 heavy (non-hydrogen) atoms. The SMILES string of the molecule is Fc1c(F)c(F)c(C[Si](Cl)(Cl)Cl)c(F)c1F. The normalized spacial score (nSPS) is 12.0. The van der Waals surface area contributed by atoms with Crippen molar-refractivity contribution in [2.45, 2.75) is 6.04 Å². The zero-order valence-electron chi connectivity index (χ0n) is 7.23. The van der Waals surface area contributed by atoms with Crippen LogP contribution in [0.5, 0.6) is 0 Å². The van der Waals surface area contributed by atoms with E-state index in [1.54, 1.807) is 0 Å². The van der Waals surface area contributed by atoms with Gasteiger partial charge in [-0.05, 0) is 0 Å². The molecule has 0 heterocycles. The monoisotopic (exact) mass is 314 g/mol. The van der Waals surface area contributed by atoms with Crippen LogP contribution in [0.25, 0.3) is 0 Å². The third-order valence-electron chi connectivity index (χ3n) is 1.68. The maximum absolute atomic E-state index is 13.1. The van der Waals surface area contributed by atoms with Gasteiger partial charge in [-0.3, -0.25) is 0 Å². The molecule has 0 N–H and O–H groups in total. The Balaban J connectivity index is 3.40. The van der Waals surface area contributed by atoms with Crippen molar-refractivity contribution < 1.29 is 22.0 Å². The summed E-state index contributed by atoms with van der Waals surface area (Å²) in [6.45, 7) is 0. The van der Waals surface area contributed by atoms with E-state index in [0.29, 0.717) is 0 Å². The molecule has 0 atom stereocenters. The Hall–Kier alpha value is -0.0431. The van der Waals surface area contributed by atoms with Crippen LogP contribution in [0.1, 0.15) is 5.56 Å². The number of benzene rings is 1. The van der Waals surface area contributed by atoms with Crippen molar-refractivity contribution in [3.05, 3.63) is 34.6 Å². The molecule has 0 aliphatic rings. The molecule has 0 amide bonds. The van der Waals surface area contributed by atoms with Gasteiger partial charge >= 0.3 is 6.00 Å². The van der Waals surface area contributed by atoms with Gasteiger partial charge in [0, 0.05) is 11.6 Å². The molecule has 0 nitrogen and oxygen atoms in total. The van der Waals surface area contributed by atoms with Crippen molar-refractivity contribution in [1.82, 2.24) is 0 Å². The summed E-state index contributed by atoms with van der Waals surface area (Å²) < 4.78 is 64.1.